The van der Waals surface area contributed by atoms with Crippen molar-refractivity contribution in [2.45, 2.75) is 19.9 Å². The standard InChI is InChI=1S/C10H21N3/c1-5-10(12(3)4)13-7-6-11-8-9(13)2/h5,9,11H,6-8H2,1-4H3. The van der Waals surface area contributed by atoms with Gasteiger partial charge < -0.3 is 15.1 Å². The van der Waals surface area contributed by atoms with Gasteiger partial charge in [-0.25, -0.2) is 0 Å². The largest absolute Gasteiger partial charge is 0.365 e. The highest BCUT2D eigenvalue weighted by molar-refractivity contribution is 5.00. The first-order chi connectivity index (χ1) is 6.16. The minimum absolute atomic E-state index is 0.599. The molecule has 0 spiro atoms. The summed E-state index contributed by atoms with van der Waals surface area (Å²) in [6, 6.07) is 0.599. The molecule has 0 aromatic rings. The van der Waals surface area contributed by atoms with Crippen molar-refractivity contribution in [3.63, 3.8) is 0 Å². The van der Waals surface area contributed by atoms with Gasteiger partial charge in [0.2, 0.25) is 0 Å². The van der Waals surface area contributed by atoms with Gasteiger partial charge in [-0.15, -0.1) is 0 Å². The molecule has 0 aliphatic carbocycles. The van der Waals surface area contributed by atoms with E-state index in [1.54, 1.807) is 0 Å². The Bertz CT molecular complexity index is 187. The van der Waals surface area contributed by atoms with Crippen molar-refractivity contribution >= 4 is 0 Å². The van der Waals surface area contributed by atoms with Gasteiger partial charge in [-0.2, -0.15) is 0 Å². The molecule has 13 heavy (non-hydrogen) atoms. The maximum Gasteiger partial charge on any atom is 0.0993 e. The summed E-state index contributed by atoms with van der Waals surface area (Å²) in [5, 5.41) is 3.39. The zero-order valence-electron chi connectivity index (χ0n) is 9.17. The molecule has 0 aromatic carbocycles. The fraction of sp³-hybridized carbons (Fsp3) is 0.800. The van der Waals surface area contributed by atoms with Gasteiger partial charge >= 0.3 is 0 Å². The summed E-state index contributed by atoms with van der Waals surface area (Å²) in [5.74, 6) is 1.33. The Morgan fingerprint density at radius 2 is 2.23 bits per heavy atom. The van der Waals surface area contributed by atoms with Crippen LogP contribution in [0.1, 0.15) is 13.8 Å². The fourth-order valence-corrected chi connectivity index (χ4v) is 1.86. The summed E-state index contributed by atoms with van der Waals surface area (Å²) in [6.45, 7) is 7.66. The normalized spacial score (nSPS) is 24.8. The van der Waals surface area contributed by atoms with Gasteiger partial charge in [0.1, 0.15) is 0 Å². The van der Waals surface area contributed by atoms with Gasteiger partial charge in [0.25, 0.3) is 0 Å². The molecule has 0 bridgehead atoms. The molecule has 0 amide bonds. The third-order valence-corrected chi connectivity index (χ3v) is 2.51. The van der Waals surface area contributed by atoms with Crippen LogP contribution in [0.25, 0.3) is 0 Å². The van der Waals surface area contributed by atoms with Crippen LogP contribution in [0, 0.1) is 0 Å². The van der Waals surface area contributed by atoms with E-state index in [0.717, 1.165) is 19.6 Å². The zero-order valence-corrected chi connectivity index (χ0v) is 9.17. The van der Waals surface area contributed by atoms with E-state index in [-0.39, 0.29) is 0 Å². The average molecular weight is 183 g/mol. The van der Waals surface area contributed by atoms with Crippen molar-refractivity contribution in [1.29, 1.82) is 0 Å². The van der Waals surface area contributed by atoms with Crippen LogP contribution < -0.4 is 5.32 Å². The first kappa shape index (κ1) is 10.4. The molecule has 1 heterocycles. The Morgan fingerprint density at radius 3 is 2.69 bits per heavy atom. The van der Waals surface area contributed by atoms with Gasteiger partial charge in [-0.3, -0.25) is 0 Å². The molecule has 1 N–H and O–H groups in total. The molecular weight excluding hydrogens is 162 g/mol. The minimum Gasteiger partial charge on any atom is -0.365 e. The molecule has 1 fully saturated rings. The van der Waals surface area contributed by atoms with Crippen molar-refractivity contribution in [2.24, 2.45) is 0 Å². The van der Waals surface area contributed by atoms with Crippen LogP contribution in [0.3, 0.4) is 0 Å². The summed E-state index contributed by atoms with van der Waals surface area (Å²) in [5.41, 5.74) is 0. The Morgan fingerprint density at radius 1 is 1.54 bits per heavy atom. The predicted octanol–water partition coefficient (Wildman–Crippen LogP) is 0.703. The van der Waals surface area contributed by atoms with E-state index in [0.29, 0.717) is 6.04 Å². The van der Waals surface area contributed by atoms with E-state index in [2.05, 4.69) is 49.1 Å². The molecule has 1 aliphatic heterocycles. The molecule has 1 saturated heterocycles. The van der Waals surface area contributed by atoms with E-state index >= 15 is 0 Å². The maximum absolute atomic E-state index is 3.39. The van der Waals surface area contributed by atoms with Gasteiger partial charge in [0, 0.05) is 39.8 Å². The number of hydrogen-bond acceptors (Lipinski definition) is 3. The van der Waals surface area contributed by atoms with Gasteiger partial charge in [-0.1, -0.05) is 0 Å². The lowest BCUT2D eigenvalue weighted by Crippen LogP contribution is -2.51. The maximum atomic E-state index is 3.39. The molecule has 3 heteroatoms. The molecule has 76 valence electrons. The van der Waals surface area contributed by atoms with Gasteiger partial charge in [0.15, 0.2) is 0 Å². The second kappa shape index (κ2) is 4.51. The number of nitrogens with one attached hydrogen (secondary N) is 1. The van der Waals surface area contributed by atoms with E-state index in [9.17, 15) is 0 Å². The first-order valence-electron chi connectivity index (χ1n) is 4.97. The summed E-state index contributed by atoms with van der Waals surface area (Å²) in [7, 11) is 4.20. The smallest absolute Gasteiger partial charge is 0.0993 e. The Labute approximate surface area is 81.4 Å². The van der Waals surface area contributed by atoms with E-state index < -0.39 is 0 Å². The molecule has 1 unspecified atom stereocenters. The number of rotatable bonds is 2. The van der Waals surface area contributed by atoms with E-state index in [1.807, 2.05) is 0 Å². The highest BCUT2D eigenvalue weighted by Crippen LogP contribution is 2.12. The average Bonchev–Trinajstić information content (AvgIpc) is 2.09. The van der Waals surface area contributed by atoms with Crippen LogP contribution in [0.2, 0.25) is 0 Å². The first-order valence-corrected chi connectivity index (χ1v) is 4.97. The molecule has 0 saturated carbocycles. The summed E-state index contributed by atoms with van der Waals surface area (Å²) >= 11 is 0. The monoisotopic (exact) mass is 183 g/mol. The molecule has 1 atom stereocenters. The number of allylic oxidation sites excluding steroid dienone is 1. The summed E-state index contributed by atoms with van der Waals surface area (Å²) < 4.78 is 0. The van der Waals surface area contributed by atoms with Crippen LogP contribution in [0.4, 0.5) is 0 Å². The van der Waals surface area contributed by atoms with E-state index in [4.69, 9.17) is 0 Å². The van der Waals surface area contributed by atoms with Crippen molar-refractivity contribution in [3.05, 3.63) is 11.9 Å². The van der Waals surface area contributed by atoms with Crippen molar-refractivity contribution in [2.75, 3.05) is 33.7 Å². The van der Waals surface area contributed by atoms with Crippen molar-refractivity contribution in [1.82, 2.24) is 15.1 Å². The highest BCUT2D eigenvalue weighted by Gasteiger charge is 2.20. The lowest BCUT2D eigenvalue weighted by atomic mass is 10.2. The molecule has 0 radical (unpaired) electrons. The van der Waals surface area contributed by atoms with E-state index in [1.165, 1.54) is 5.82 Å². The predicted molar refractivity (Wildman–Crippen MR) is 56.5 cm³/mol. The van der Waals surface area contributed by atoms with Crippen LogP contribution in [0.5, 0.6) is 0 Å². The Kier molecular flexibility index (Phi) is 3.60. The highest BCUT2D eigenvalue weighted by atomic mass is 15.3. The Balaban J connectivity index is 2.67. The number of piperazine rings is 1. The van der Waals surface area contributed by atoms with Crippen LogP contribution in [-0.2, 0) is 0 Å². The minimum atomic E-state index is 0.599. The quantitative estimate of drug-likeness (QED) is 0.680. The van der Waals surface area contributed by atoms with Crippen LogP contribution >= 0.6 is 0 Å². The summed E-state index contributed by atoms with van der Waals surface area (Å²) in [6.07, 6.45) is 2.18. The van der Waals surface area contributed by atoms with Crippen molar-refractivity contribution < 1.29 is 0 Å². The second-order valence-corrected chi connectivity index (χ2v) is 3.79. The number of nitrogens with zero attached hydrogens (tertiary/aromatic N) is 2. The zero-order chi connectivity index (χ0) is 9.84. The van der Waals surface area contributed by atoms with Gasteiger partial charge in [-0.05, 0) is 19.9 Å². The van der Waals surface area contributed by atoms with Gasteiger partial charge in [0.05, 0.1) is 5.82 Å². The fourth-order valence-electron chi connectivity index (χ4n) is 1.86. The molecular formula is C10H21N3. The molecule has 3 nitrogen and oxygen atoms in total. The van der Waals surface area contributed by atoms with Crippen LogP contribution in [-0.4, -0.2) is 49.6 Å². The lowest BCUT2D eigenvalue weighted by molar-refractivity contribution is 0.173. The molecule has 0 aromatic heterocycles. The SMILES string of the molecule is CC=C(N(C)C)N1CCNCC1C. The van der Waals surface area contributed by atoms with Crippen molar-refractivity contribution in [3.8, 4) is 0 Å². The Hall–Kier alpha value is -0.700. The third kappa shape index (κ3) is 2.37. The summed E-state index contributed by atoms with van der Waals surface area (Å²) in [4.78, 5) is 4.64. The van der Waals surface area contributed by atoms with Crippen LogP contribution in [0.15, 0.2) is 11.9 Å². The molecule has 1 aliphatic rings. The third-order valence-electron chi connectivity index (χ3n) is 2.51. The number of hydrogen-bond donors (Lipinski definition) is 1. The molecule has 1 rings (SSSR count). The topological polar surface area (TPSA) is 18.5 Å². The lowest BCUT2D eigenvalue weighted by Gasteiger charge is -2.39. The second-order valence-electron chi connectivity index (χ2n) is 3.79.